The van der Waals surface area contributed by atoms with E-state index < -0.39 is 5.91 Å². The van der Waals surface area contributed by atoms with Gasteiger partial charge in [-0.2, -0.15) is 5.10 Å². The number of fused-ring (bicyclic) bond motifs is 1. The summed E-state index contributed by atoms with van der Waals surface area (Å²) in [6.07, 6.45) is 1.54. The van der Waals surface area contributed by atoms with Crippen molar-refractivity contribution >= 4 is 29.0 Å². The first kappa shape index (κ1) is 19.2. The third-order valence-electron chi connectivity index (χ3n) is 4.74. The van der Waals surface area contributed by atoms with Gasteiger partial charge in [0.2, 0.25) is 0 Å². The lowest BCUT2D eigenvalue weighted by atomic mass is 10.2. The van der Waals surface area contributed by atoms with E-state index in [4.69, 9.17) is 4.42 Å². The molecular weight excluding hydrogens is 380 g/mol. The molecule has 7 nitrogen and oxygen atoms in total. The van der Waals surface area contributed by atoms with E-state index in [0.29, 0.717) is 11.1 Å². The van der Waals surface area contributed by atoms with Crippen molar-refractivity contribution in [2.45, 2.75) is 13.8 Å². The molecule has 0 atom stereocenters. The number of nitrogens with one attached hydrogen (secondary N) is 2. The second-order valence-electron chi connectivity index (χ2n) is 6.82. The van der Waals surface area contributed by atoms with Gasteiger partial charge < -0.3 is 4.42 Å². The van der Waals surface area contributed by atoms with E-state index in [9.17, 15) is 9.59 Å². The molecule has 2 N–H and O–H groups in total. The number of hydrogen-bond acceptors (Lipinski definition) is 4. The van der Waals surface area contributed by atoms with Crippen molar-refractivity contribution in [2.24, 2.45) is 5.10 Å². The van der Waals surface area contributed by atoms with E-state index in [1.54, 1.807) is 28.9 Å². The fraction of sp³-hybridized carbons (Fsp3) is 0.0870. The zero-order chi connectivity index (χ0) is 21.1. The normalized spacial score (nSPS) is 11.1. The van der Waals surface area contributed by atoms with Crippen molar-refractivity contribution in [3.05, 3.63) is 95.0 Å². The van der Waals surface area contributed by atoms with Crippen molar-refractivity contribution in [2.75, 3.05) is 5.43 Å². The number of rotatable bonds is 5. The first-order valence-corrected chi connectivity index (χ1v) is 9.40. The molecule has 0 radical (unpaired) electrons. The van der Waals surface area contributed by atoms with Gasteiger partial charge in [-0.15, -0.1) is 0 Å². The van der Waals surface area contributed by atoms with E-state index in [-0.39, 0.29) is 11.7 Å². The SMILES string of the molecule is Cc1cc(/C=N\NC(=O)c2cc3ccccc3o2)c(C)n1NC(=O)c1ccccc1. The molecule has 0 unspecified atom stereocenters. The molecule has 0 aliphatic rings. The summed E-state index contributed by atoms with van der Waals surface area (Å²) in [4.78, 5) is 24.7. The summed E-state index contributed by atoms with van der Waals surface area (Å²) in [6.45, 7) is 3.74. The molecule has 2 aromatic carbocycles. The van der Waals surface area contributed by atoms with Crippen LogP contribution in [0.1, 0.15) is 37.9 Å². The highest BCUT2D eigenvalue weighted by atomic mass is 16.3. The number of carbonyl (C=O) groups excluding carboxylic acids is 2. The molecule has 150 valence electrons. The van der Waals surface area contributed by atoms with Crippen LogP contribution in [0.4, 0.5) is 0 Å². The second-order valence-corrected chi connectivity index (χ2v) is 6.82. The van der Waals surface area contributed by atoms with Gasteiger partial charge in [0, 0.05) is 27.9 Å². The van der Waals surface area contributed by atoms with E-state index >= 15 is 0 Å². The number of hydrazone groups is 1. The number of nitrogens with zero attached hydrogens (tertiary/aromatic N) is 2. The van der Waals surface area contributed by atoms with Crippen LogP contribution in [0.25, 0.3) is 11.0 Å². The average molecular weight is 400 g/mol. The lowest BCUT2D eigenvalue weighted by Gasteiger charge is -2.11. The van der Waals surface area contributed by atoms with Gasteiger partial charge in [-0.1, -0.05) is 36.4 Å². The minimum Gasteiger partial charge on any atom is -0.451 e. The maximum atomic E-state index is 12.4. The minimum absolute atomic E-state index is 0.189. The van der Waals surface area contributed by atoms with Gasteiger partial charge in [-0.25, -0.2) is 5.43 Å². The molecule has 0 spiro atoms. The number of benzene rings is 2. The Bertz CT molecular complexity index is 1220. The monoisotopic (exact) mass is 400 g/mol. The predicted molar refractivity (Wildman–Crippen MR) is 115 cm³/mol. The van der Waals surface area contributed by atoms with Crippen LogP contribution in [-0.2, 0) is 0 Å². The number of amides is 2. The summed E-state index contributed by atoms with van der Waals surface area (Å²) in [5.74, 6) is -0.457. The molecule has 30 heavy (non-hydrogen) atoms. The second kappa shape index (κ2) is 8.08. The molecule has 2 aromatic heterocycles. The number of aromatic nitrogens is 1. The van der Waals surface area contributed by atoms with Gasteiger partial charge in [0.1, 0.15) is 5.58 Å². The molecule has 0 fully saturated rings. The van der Waals surface area contributed by atoms with Crippen LogP contribution in [-0.4, -0.2) is 22.7 Å². The Morgan fingerprint density at radius 1 is 0.967 bits per heavy atom. The molecule has 0 saturated heterocycles. The first-order chi connectivity index (χ1) is 14.5. The Hall–Kier alpha value is -4.13. The van der Waals surface area contributed by atoms with Gasteiger partial charge >= 0.3 is 5.91 Å². The number of hydrogen-bond donors (Lipinski definition) is 2. The summed E-state index contributed by atoms with van der Waals surface area (Å²) < 4.78 is 7.22. The lowest BCUT2D eigenvalue weighted by molar-refractivity contribution is 0.0929. The van der Waals surface area contributed by atoms with Crippen LogP contribution in [0.15, 0.2) is 76.2 Å². The fourth-order valence-electron chi connectivity index (χ4n) is 3.16. The largest absolute Gasteiger partial charge is 0.451 e. The molecule has 0 bridgehead atoms. The minimum atomic E-state index is -0.436. The molecule has 4 aromatic rings. The van der Waals surface area contributed by atoms with Gasteiger partial charge in [0.25, 0.3) is 5.91 Å². The van der Waals surface area contributed by atoms with Crippen molar-refractivity contribution in [1.29, 1.82) is 0 Å². The smallest absolute Gasteiger partial charge is 0.307 e. The zero-order valence-electron chi connectivity index (χ0n) is 16.5. The number of para-hydroxylation sites is 1. The highest BCUT2D eigenvalue weighted by Crippen LogP contribution is 2.18. The average Bonchev–Trinajstić information content (AvgIpc) is 3.31. The summed E-state index contributed by atoms with van der Waals surface area (Å²) in [5.41, 5.74) is 8.95. The molecule has 2 heterocycles. The van der Waals surface area contributed by atoms with Crippen LogP contribution in [0.5, 0.6) is 0 Å². The quantitative estimate of drug-likeness (QED) is 0.392. The molecule has 0 saturated carbocycles. The van der Waals surface area contributed by atoms with Crippen molar-refractivity contribution < 1.29 is 14.0 Å². The topological polar surface area (TPSA) is 88.6 Å². The molecule has 0 aliphatic carbocycles. The third kappa shape index (κ3) is 3.86. The van der Waals surface area contributed by atoms with Crippen LogP contribution in [0, 0.1) is 13.8 Å². The van der Waals surface area contributed by atoms with E-state index in [1.165, 1.54) is 6.21 Å². The number of aryl methyl sites for hydroxylation is 1. The fourth-order valence-corrected chi connectivity index (χ4v) is 3.16. The van der Waals surface area contributed by atoms with Gasteiger partial charge in [0.05, 0.1) is 6.21 Å². The Morgan fingerprint density at radius 2 is 1.70 bits per heavy atom. The number of furan rings is 1. The van der Waals surface area contributed by atoms with Crippen LogP contribution >= 0.6 is 0 Å². The molecule has 7 heteroatoms. The zero-order valence-corrected chi connectivity index (χ0v) is 16.5. The first-order valence-electron chi connectivity index (χ1n) is 9.40. The summed E-state index contributed by atoms with van der Waals surface area (Å²) >= 11 is 0. The van der Waals surface area contributed by atoms with E-state index in [2.05, 4.69) is 16.0 Å². The lowest BCUT2D eigenvalue weighted by Crippen LogP contribution is -2.24. The standard InChI is InChI=1S/C23H20N4O3/c1-15-12-19(16(2)27(15)26-22(28)17-8-4-3-5-9-17)14-24-25-23(29)21-13-18-10-6-7-11-20(18)30-21/h3-14H,1-2H3,(H,25,29)(H,26,28)/b24-14-. The summed E-state index contributed by atoms with van der Waals surface area (Å²) in [6, 6.07) is 19.9. The molecule has 4 rings (SSSR count). The predicted octanol–water partition coefficient (Wildman–Crippen LogP) is 4.00. The van der Waals surface area contributed by atoms with Crippen LogP contribution < -0.4 is 10.9 Å². The highest BCUT2D eigenvalue weighted by Gasteiger charge is 2.13. The van der Waals surface area contributed by atoms with E-state index in [0.717, 1.165) is 22.3 Å². The third-order valence-corrected chi connectivity index (χ3v) is 4.74. The van der Waals surface area contributed by atoms with Crippen LogP contribution in [0.2, 0.25) is 0 Å². The Kier molecular flexibility index (Phi) is 5.17. The van der Waals surface area contributed by atoms with Gasteiger partial charge in [-0.05, 0) is 44.2 Å². The van der Waals surface area contributed by atoms with Crippen molar-refractivity contribution in [1.82, 2.24) is 10.1 Å². The van der Waals surface area contributed by atoms with Crippen molar-refractivity contribution in [3.63, 3.8) is 0 Å². The van der Waals surface area contributed by atoms with Gasteiger partial charge in [0.15, 0.2) is 5.76 Å². The molecule has 0 aliphatic heterocycles. The molecule has 2 amide bonds. The number of carbonyl (C=O) groups is 2. The Labute approximate surface area is 173 Å². The Balaban J connectivity index is 1.45. The maximum Gasteiger partial charge on any atom is 0.307 e. The van der Waals surface area contributed by atoms with Crippen molar-refractivity contribution in [3.8, 4) is 0 Å². The summed E-state index contributed by atoms with van der Waals surface area (Å²) in [5, 5.41) is 4.88. The highest BCUT2D eigenvalue weighted by molar-refractivity contribution is 6.00. The summed E-state index contributed by atoms with van der Waals surface area (Å²) in [7, 11) is 0. The molecular formula is C23H20N4O3. The van der Waals surface area contributed by atoms with Gasteiger partial charge in [-0.3, -0.25) is 19.7 Å². The maximum absolute atomic E-state index is 12.4. The van der Waals surface area contributed by atoms with Crippen LogP contribution in [0.3, 0.4) is 0 Å². The Morgan fingerprint density at radius 3 is 2.47 bits per heavy atom. The van der Waals surface area contributed by atoms with E-state index in [1.807, 2.05) is 56.3 Å².